The molecule has 3 aliphatic rings. The molecule has 0 unspecified atom stereocenters. The molecule has 3 nitrogen and oxygen atoms in total. The molecule has 2 aliphatic carbocycles. The zero-order chi connectivity index (χ0) is 28.6. The third-order valence-electron chi connectivity index (χ3n) is 6.72. The lowest BCUT2D eigenvalue weighted by Crippen LogP contribution is -2.26. The Labute approximate surface area is 242 Å². The molecule has 0 atom stereocenters. The van der Waals surface area contributed by atoms with Gasteiger partial charge >= 0.3 is 0 Å². The van der Waals surface area contributed by atoms with Crippen LogP contribution in [0.15, 0.2) is 113 Å². The lowest BCUT2D eigenvalue weighted by molar-refractivity contribution is 0.858. The van der Waals surface area contributed by atoms with E-state index in [1.165, 1.54) is 33.0 Å². The number of benzene rings is 2. The van der Waals surface area contributed by atoms with Gasteiger partial charge in [0, 0.05) is 34.8 Å². The van der Waals surface area contributed by atoms with Gasteiger partial charge in [-0.15, -0.1) is 11.3 Å². The van der Waals surface area contributed by atoms with Crippen LogP contribution in [0.1, 0.15) is 62.1 Å². The first-order valence-electron chi connectivity index (χ1n) is 13.7. The standard InChI is InChI=1S/C32H21N3S.2C2H6/c1-21-3-2-4-29-17-27-18-30(16-25-11-12-36-32(25)31(27)10-5-21)35(29)28-8-6-24(7-9-28)26-14-22(19-33)13-23(15-26)20-34;2*1-2/h2-16H,1,17-18H2;2*1-2H3. The summed E-state index contributed by atoms with van der Waals surface area (Å²) < 4.78 is 0. The van der Waals surface area contributed by atoms with Gasteiger partial charge in [-0.1, -0.05) is 70.7 Å². The van der Waals surface area contributed by atoms with E-state index in [0.29, 0.717) is 11.1 Å². The Morgan fingerprint density at radius 3 is 2.15 bits per heavy atom. The molecule has 0 spiro atoms. The Bertz CT molecular complexity index is 1630. The number of anilines is 1. The van der Waals surface area contributed by atoms with Gasteiger partial charge in [0.05, 0.1) is 23.3 Å². The zero-order valence-electron chi connectivity index (χ0n) is 23.5. The second-order valence-corrected chi connectivity index (χ2v) is 9.96. The first kappa shape index (κ1) is 28.4. The molecule has 40 heavy (non-hydrogen) atoms. The predicted octanol–water partition coefficient (Wildman–Crippen LogP) is 10.2. The molecule has 0 saturated carbocycles. The van der Waals surface area contributed by atoms with Crippen molar-refractivity contribution in [3.05, 3.63) is 135 Å². The Morgan fingerprint density at radius 1 is 0.800 bits per heavy atom. The molecule has 0 N–H and O–H groups in total. The van der Waals surface area contributed by atoms with Gasteiger partial charge in [-0.3, -0.25) is 0 Å². The van der Waals surface area contributed by atoms with Gasteiger partial charge in [0.25, 0.3) is 0 Å². The molecule has 2 aromatic carbocycles. The summed E-state index contributed by atoms with van der Waals surface area (Å²) in [5, 5.41) is 20.9. The van der Waals surface area contributed by atoms with E-state index in [4.69, 9.17) is 0 Å². The van der Waals surface area contributed by atoms with Gasteiger partial charge in [0.2, 0.25) is 0 Å². The summed E-state index contributed by atoms with van der Waals surface area (Å²) in [6, 6.07) is 20.2. The summed E-state index contributed by atoms with van der Waals surface area (Å²) in [6.45, 7) is 12.2. The van der Waals surface area contributed by atoms with E-state index in [1.807, 2.05) is 45.9 Å². The van der Waals surface area contributed by atoms with E-state index >= 15 is 0 Å². The lowest BCUT2D eigenvalue weighted by atomic mass is 9.92. The molecule has 0 radical (unpaired) electrons. The van der Waals surface area contributed by atoms with Crippen LogP contribution >= 0.6 is 11.3 Å². The fraction of sp³-hybridized carbons (Fsp3) is 0.167. The van der Waals surface area contributed by atoms with Crippen LogP contribution in [0, 0.1) is 22.7 Å². The fourth-order valence-electron chi connectivity index (χ4n) is 5.05. The van der Waals surface area contributed by atoms with Gasteiger partial charge < -0.3 is 4.90 Å². The van der Waals surface area contributed by atoms with Gasteiger partial charge in [-0.05, 0) is 87.3 Å². The maximum Gasteiger partial charge on any atom is 0.0992 e. The highest BCUT2D eigenvalue weighted by atomic mass is 32.1. The number of nitriles is 2. The predicted molar refractivity (Wildman–Crippen MR) is 170 cm³/mol. The van der Waals surface area contributed by atoms with Crippen LogP contribution in [-0.4, -0.2) is 0 Å². The highest BCUT2D eigenvalue weighted by Crippen LogP contribution is 2.46. The number of thiophene rings is 1. The summed E-state index contributed by atoms with van der Waals surface area (Å²) in [5.41, 5.74) is 11.4. The number of nitrogens with zero attached hydrogens (tertiary/aromatic N) is 3. The molecule has 1 saturated heterocycles. The Kier molecular flexibility index (Phi) is 9.18. The van der Waals surface area contributed by atoms with Crippen molar-refractivity contribution in [1.82, 2.24) is 0 Å². The summed E-state index contributed by atoms with van der Waals surface area (Å²) in [6.07, 6.45) is 14.8. The average molecular weight is 540 g/mol. The Hall–Kier alpha value is -4.64. The highest BCUT2D eigenvalue weighted by Gasteiger charge is 2.29. The molecule has 3 aromatic rings. The first-order chi connectivity index (χ1) is 19.6. The number of fused-ring (bicyclic) bond motifs is 4. The highest BCUT2D eigenvalue weighted by molar-refractivity contribution is 7.11. The van der Waals surface area contributed by atoms with Gasteiger partial charge in [-0.25, -0.2) is 0 Å². The van der Waals surface area contributed by atoms with Crippen LogP contribution in [-0.2, 0) is 0 Å². The van der Waals surface area contributed by atoms with Crippen molar-refractivity contribution in [2.75, 3.05) is 4.90 Å². The van der Waals surface area contributed by atoms with Crippen LogP contribution in [0.4, 0.5) is 5.69 Å². The maximum absolute atomic E-state index is 9.36. The van der Waals surface area contributed by atoms with Crippen molar-refractivity contribution in [2.45, 2.75) is 40.5 Å². The topological polar surface area (TPSA) is 50.8 Å². The quantitative estimate of drug-likeness (QED) is 0.325. The van der Waals surface area contributed by atoms with Crippen LogP contribution in [0.3, 0.4) is 0 Å². The van der Waals surface area contributed by atoms with Crippen molar-refractivity contribution < 1.29 is 0 Å². The molecule has 198 valence electrons. The van der Waals surface area contributed by atoms with Crippen LogP contribution in [0.5, 0.6) is 0 Å². The van der Waals surface area contributed by atoms with Crippen molar-refractivity contribution in [2.24, 2.45) is 0 Å². The molecular weight excluding hydrogens is 506 g/mol. The van der Waals surface area contributed by atoms with Crippen molar-refractivity contribution >= 4 is 28.7 Å². The van der Waals surface area contributed by atoms with Crippen LogP contribution in [0.25, 0.3) is 22.8 Å². The van der Waals surface area contributed by atoms with Crippen molar-refractivity contribution in [1.29, 1.82) is 10.5 Å². The average Bonchev–Trinajstić information content (AvgIpc) is 3.42. The number of piperidine rings is 1. The minimum absolute atomic E-state index is 0.489. The molecule has 0 amide bonds. The maximum atomic E-state index is 9.36. The summed E-state index contributed by atoms with van der Waals surface area (Å²) >= 11 is 1.79. The molecular formula is C36H33N3S. The number of allylic oxidation sites excluding steroid dienone is 9. The number of rotatable bonds is 2. The van der Waals surface area contributed by atoms with E-state index in [2.05, 4.69) is 89.7 Å². The molecule has 1 aliphatic heterocycles. The normalized spacial score (nSPS) is 14.8. The van der Waals surface area contributed by atoms with E-state index in [1.54, 1.807) is 17.4 Å². The monoisotopic (exact) mass is 539 g/mol. The molecule has 3 bridgehead atoms. The molecule has 1 aromatic heterocycles. The fourth-order valence-corrected chi connectivity index (χ4v) is 6.01. The van der Waals surface area contributed by atoms with Crippen LogP contribution in [0.2, 0.25) is 0 Å². The Morgan fingerprint density at radius 2 is 1.48 bits per heavy atom. The molecule has 4 heteroatoms. The molecule has 2 heterocycles. The number of hydrogen-bond donors (Lipinski definition) is 0. The van der Waals surface area contributed by atoms with Gasteiger partial charge in [-0.2, -0.15) is 10.5 Å². The summed E-state index contributed by atoms with van der Waals surface area (Å²) in [4.78, 5) is 3.68. The van der Waals surface area contributed by atoms with Crippen molar-refractivity contribution in [3.63, 3.8) is 0 Å². The van der Waals surface area contributed by atoms with Gasteiger partial charge in [0.1, 0.15) is 0 Å². The molecule has 6 rings (SSSR count). The summed E-state index contributed by atoms with van der Waals surface area (Å²) in [5.74, 6) is 0. The second kappa shape index (κ2) is 12.9. The SMILES string of the molecule is C=C1C=CC=C2CC3=C(C=C1)c1sccc1C=C(C3)N2c1ccc(-c2cc(C#N)cc(C#N)c2)cc1.CC.CC. The smallest absolute Gasteiger partial charge is 0.0992 e. The van der Waals surface area contributed by atoms with E-state index in [9.17, 15) is 10.5 Å². The Balaban J connectivity index is 0.000000886. The van der Waals surface area contributed by atoms with Crippen molar-refractivity contribution in [3.8, 4) is 23.3 Å². The number of hydrogen-bond acceptors (Lipinski definition) is 4. The molecule has 1 fully saturated rings. The van der Waals surface area contributed by atoms with E-state index in [-0.39, 0.29) is 0 Å². The third-order valence-corrected chi connectivity index (χ3v) is 7.68. The lowest BCUT2D eigenvalue weighted by Gasteiger charge is -2.36. The zero-order valence-corrected chi connectivity index (χ0v) is 24.3. The van der Waals surface area contributed by atoms with E-state index < -0.39 is 0 Å². The van der Waals surface area contributed by atoms with E-state index in [0.717, 1.165) is 35.2 Å². The first-order valence-corrected chi connectivity index (χ1v) is 14.6. The summed E-state index contributed by atoms with van der Waals surface area (Å²) in [7, 11) is 0. The van der Waals surface area contributed by atoms with Gasteiger partial charge in [0.15, 0.2) is 0 Å². The van der Waals surface area contributed by atoms with Crippen LogP contribution < -0.4 is 4.90 Å². The largest absolute Gasteiger partial charge is 0.317 e. The minimum atomic E-state index is 0.489. The third kappa shape index (κ3) is 5.69. The minimum Gasteiger partial charge on any atom is -0.317 e. The second-order valence-electron chi connectivity index (χ2n) is 9.04.